The number of urea groups is 1. The second kappa shape index (κ2) is 8.92. The molecule has 0 aliphatic rings. The van der Waals surface area contributed by atoms with E-state index in [-0.39, 0.29) is 11.3 Å². The molecule has 3 rings (SSSR count). The predicted octanol–water partition coefficient (Wildman–Crippen LogP) is 3.55. The van der Waals surface area contributed by atoms with Gasteiger partial charge in [-0.2, -0.15) is 5.10 Å². The number of nitrogens with zero attached hydrogens (tertiary/aromatic N) is 6. The topological polar surface area (TPSA) is 80.9 Å². The zero-order valence-corrected chi connectivity index (χ0v) is 17.3. The van der Waals surface area contributed by atoms with Gasteiger partial charge in [0.05, 0.1) is 12.7 Å². The minimum atomic E-state index is -0.157. The van der Waals surface area contributed by atoms with Crippen LogP contribution in [0.15, 0.2) is 48.1 Å². The number of hydrogen-bond donors (Lipinski definition) is 1. The molecule has 2 aromatic heterocycles. The van der Waals surface area contributed by atoms with E-state index in [4.69, 9.17) is 0 Å². The maximum absolute atomic E-state index is 12.5. The zero-order valence-electron chi connectivity index (χ0n) is 16.5. The molecule has 0 radical (unpaired) electrons. The van der Waals surface area contributed by atoms with Crippen LogP contribution >= 0.6 is 11.8 Å². The van der Waals surface area contributed by atoms with E-state index in [1.54, 1.807) is 36.2 Å². The Bertz CT molecular complexity index is 936. The summed E-state index contributed by atoms with van der Waals surface area (Å²) in [5.74, 6) is 0. The molecule has 8 nitrogen and oxygen atoms in total. The monoisotopic (exact) mass is 399 g/mol. The molecular weight excluding hydrogens is 374 g/mol. The zero-order chi connectivity index (χ0) is 20.1. The van der Waals surface area contributed by atoms with Gasteiger partial charge in [0.2, 0.25) is 0 Å². The normalized spacial score (nSPS) is 12.0. The lowest BCUT2D eigenvalue weighted by molar-refractivity contribution is 0.220. The molecule has 2 heterocycles. The summed E-state index contributed by atoms with van der Waals surface area (Å²) in [6, 6.07) is 7.73. The summed E-state index contributed by atoms with van der Waals surface area (Å²) >= 11 is 1.63. The van der Waals surface area contributed by atoms with E-state index in [2.05, 4.69) is 27.5 Å². The summed E-state index contributed by atoms with van der Waals surface area (Å²) < 4.78 is 3.74. The molecule has 0 saturated heterocycles. The predicted molar refractivity (Wildman–Crippen MR) is 110 cm³/mol. The number of benzene rings is 1. The van der Waals surface area contributed by atoms with Crippen molar-refractivity contribution in [1.82, 2.24) is 29.4 Å². The number of aromatic nitrogens is 5. The maximum Gasteiger partial charge on any atom is 0.321 e. The Morgan fingerprint density at radius 3 is 2.89 bits per heavy atom. The van der Waals surface area contributed by atoms with Crippen molar-refractivity contribution in [3.05, 3.63) is 54.1 Å². The molecule has 3 aromatic rings. The van der Waals surface area contributed by atoms with Gasteiger partial charge in [-0.1, -0.05) is 23.9 Å². The van der Waals surface area contributed by atoms with Gasteiger partial charge in [-0.15, -0.1) is 10.2 Å². The fraction of sp³-hybridized carbons (Fsp3) is 0.368. The van der Waals surface area contributed by atoms with Gasteiger partial charge in [0.15, 0.2) is 5.16 Å². The Kier molecular flexibility index (Phi) is 6.35. The average Bonchev–Trinajstić information content (AvgIpc) is 3.30. The molecule has 1 atom stereocenters. The van der Waals surface area contributed by atoms with Crippen molar-refractivity contribution in [3.63, 3.8) is 0 Å². The molecule has 1 aromatic carbocycles. The highest BCUT2D eigenvalue weighted by molar-refractivity contribution is 7.99. The first-order valence-electron chi connectivity index (χ1n) is 9.10. The molecule has 9 heteroatoms. The van der Waals surface area contributed by atoms with E-state index in [9.17, 15) is 4.79 Å². The van der Waals surface area contributed by atoms with E-state index in [0.717, 1.165) is 28.5 Å². The van der Waals surface area contributed by atoms with Crippen molar-refractivity contribution in [1.29, 1.82) is 0 Å². The molecule has 0 saturated carbocycles. The van der Waals surface area contributed by atoms with Gasteiger partial charge in [-0.05, 0) is 31.5 Å². The average molecular weight is 400 g/mol. The summed E-state index contributed by atoms with van der Waals surface area (Å²) in [6.07, 6.45) is 5.43. The van der Waals surface area contributed by atoms with E-state index in [0.29, 0.717) is 6.54 Å². The molecule has 148 valence electrons. The molecule has 0 unspecified atom stereocenters. The van der Waals surface area contributed by atoms with Crippen LogP contribution in [-0.2, 0) is 20.1 Å². The van der Waals surface area contributed by atoms with Crippen LogP contribution in [0, 0.1) is 0 Å². The van der Waals surface area contributed by atoms with Crippen LogP contribution in [0.4, 0.5) is 10.5 Å². The van der Waals surface area contributed by atoms with Crippen LogP contribution in [0.5, 0.6) is 0 Å². The van der Waals surface area contributed by atoms with Gasteiger partial charge >= 0.3 is 6.03 Å². The van der Waals surface area contributed by atoms with Crippen molar-refractivity contribution >= 4 is 23.5 Å². The lowest BCUT2D eigenvalue weighted by Gasteiger charge is -2.18. The van der Waals surface area contributed by atoms with Crippen molar-refractivity contribution in [2.45, 2.75) is 37.3 Å². The summed E-state index contributed by atoms with van der Waals surface area (Å²) in [5.41, 5.74) is 2.88. The molecule has 28 heavy (non-hydrogen) atoms. The number of anilines is 1. The fourth-order valence-electron chi connectivity index (χ4n) is 2.70. The number of amides is 2. The van der Waals surface area contributed by atoms with E-state index >= 15 is 0 Å². The second-order valence-electron chi connectivity index (χ2n) is 6.60. The Labute approximate surface area is 168 Å². The van der Waals surface area contributed by atoms with Crippen molar-refractivity contribution < 1.29 is 4.79 Å². The van der Waals surface area contributed by atoms with Gasteiger partial charge < -0.3 is 14.8 Å². The lowest BCUT2D eigenvalue weighted by atomic mass is 10.1. The van der Waals surface area contributed by atoms with Crippen molar-refractivity contribution in [2.24, 2.45) is 7.05 Å². The summed E-state index contributed by atoms with van der Waals surface area (Å²) in [4.78, 5) is 14.2. The van der Waals surface area contributed by atoms with Crippen molar-refractivity contribution in [3.8, 4) is 0 Å². The summed E-state index contributed by atoms with van der Waals surface area (Å²) in [6.45, 7) is 5.46. The highest BCUT2D eigenvalue weighted by Gasteiger charge is 2.14. The molecule has 0 aliphatic carbocycles. The maximum atomic E-state index is 12.5. The first kappa shape index (κ1) is 19.9. The molecule has 2 amide bonds. The smallest absolute Gasteiger partial charge is 0.321 e. The molecular formula is C19H25N7OS. The largest absolute Gasteiger partial charge is 0.323 e. The number of aryl methyl sites for hydroxylation is 2. The van der Waals surface area contributed by atoms with E-state index < -0.39 is 0 Å². The number of carbonyl (C=O) groups excluding carboxylic acids is 1. The molecule has 1 N–H and O–H groups in total. The SMILES string of the molecule is CCn1cc(CN(C)C(=O)Nc2cccc([C@H](C)Sc3nncn3C)c2)cn1. The van der Waals surface area contributed by atoms with Gasteiger partial charge in [-0.25, -0.2) is 4.79 Å². The van der Waals surface area contributed by atoms with Gasteiger partial charge in [0, 0.05) is 43.3 Å². The van der Waals surface area contributed by atoms with Crippen LogP contribution in [0.3, 0.4) is 0 Å². The summed E-state index contributed by atoms with van der Waals surface area (Å²) in [5, 5.41) is 16.3. The van der Waals surface area contributed by atoms with Crippen molar-refractivity contribution in [2.75, 3.05) is 12.4 Å². The first-order chi connectivity index (χ1) is 13.5. The Balaban J connectivity index is 1.61. The van der Waals surface area contributed by atoms with Crippen LogP contribution < -0.4 is 5.32 Å². The van der Waals surface area contributed by atoms with E-state index in [1.807, 2.05) is 53.7 Å². The third kappa shape index (κ3) is 4.92. The fourth-order valence-corrected chi connectivity index (χ4v) is 3.61. The molecule has 0 fully saturated rings. The van der Waals surface area contributed by atoms with Gasteiger partial charge in [0.25, 0.3) is 0 Å². The molecule has 0 bridgehead atoms. The highest BCUT2D eigenvalue weighted by atomic mass is 32.2. The van der Waals surface area contributed by atoms with Gasteiger partial charge in [-0.3, -0.25) is 4.68 Å². The second-order valence-corrected chi connectivity index (χ2v) is 7.91. The minimum Gasteiger partial charge on any atom is -0.323 e. The lowest BCUT2D eigenvalue weighted by Crippen LogP contribution is -2.30. The van der Waals surface area contributed by atoms with E-state index in [1.165, 1.54) is 0 Å². The quantitative estimate of drug-likeness (QED) is 0.615. The Morgan fingerprint density at radius 1 is 1.39 bits per heavy atom. The van der Waals surface area contributed by atoms with Crippen LogP contribution in [-0.4, -0.2) is 42.5 Å². The Morgan fingerprint density at radius 2 is 2.21 bits per heavy atom. The number of thioether (sulfide) groups is 1. The minimum absolute atomic E-state index is 0.157. The van der Waals surface area contributed by atoms with Crippen LogP contribution in [0.25, 0.3) is 0 Å². The first-order valence-corrected chi connectivity index (χ1v) is 9.98. The van der Waals surface area contributed by atoms with Crippen LogP contribution in [0.2, 0.25) is 0 Å². The molecule has 0 aliphatic heterocycles. The molecule has 0 spiro atoms. The third-order valence-corrected chi connectivity index (χ3v) is 5.54. The summed E-state index contributed by atoms with van der Waals surface area (Å²) in [7, 11) is 3.70. The van der Waals surface area contributed by atoms with Gasteiger partial charge in [0.1, 0.15) is 6.33 Å². The number of hydrogen-bond acceptors (Lipinski definition) is 5. The Hall–Kier alpha value is -2.81. The highest BCUT2D eigenvalue weighted by Crippen LogP contribution is 2.34. The third-order valence-electron chi connectivity index (χ3n) is 4.34. The standard InChI is InChI=1S/C19H25N7OS/c1-5-26-12-15(10-21-26)11-24(3)18(27)22-17-8-6-7-16(9-17)14(2)28-19-23-20-13-25(19)4/h6-10,12-14H,5,11H2,1-4H3,(H,22,27)/t14-/m0/s1. The number of rotatable bonds is 7. The number of carbonyl (C=O) groups is 1. The van der Waals surface area contributed by atoms with Crippen LogP contribution in [0.1, 0.15) is 30.2 Å². The number of nitrogens with one attached hydrogen (secondary N) is 1.